The number of methoxy groups -OCH3 is 1. The van der Waals surface area contributed by atoms with E-state index in [1.54, 1.807) is 50.4 Å². The maximum absolute atomic E-state index is 12.9. The van der Waals surface area contributed by atoms with Crippen LogP contribution in [0.2, 0.25) is 0 Å². The molecule has 5 nitrogen and oxygen atoms in total. The number of hydrogen-bond acceptors (Lipinski definition) is 4. The highest BCUT2D eigenvalue weighted by molar-refractivity contribution is 5.81. The van der Waals surface area contributed by atoms with E-state index in [0.717, 1.165) is 11.1 Å². The SMILES string of the molecule is COc1cccc(CC(=O)OCC(=O)N[C@H](C)c2ccc(F)cc2)c1. The summed E-state index contributed by atoms with van der Waals surface area (Å²) in [6, 6.07) is 12.6. The first-order chi connectivity index (χ1) is 12.0. The molecule has 0 aromatic heterocycles. The molecule has 0 saturated heterocycles. The molecular formula is C19H20FNO4. The summed E-state index contributed by atoms with van der Waals surface area (Å²) in [6.07, 6.45) is 0.0536. The second-order valence-electron chi connectivity index (χ2n) is 5.53. The topological polar surface area (TPSA) is 64.6 Å². The number of esters is 1. The molecule has 0 aliphatic rings. The molecule has 0 fully saturated rings. The first kappa shape index (κ1) is 18.4. The average molecular weight is 345 g/mol. The normalized spacial score (nSPS) is 11.5. The second kappa shape index (κ2) is 8.82. The Bertz CT molecular complexity index is 730. The Kier molecular flexibility index (Phi) is 6.51. The summed E-state index contributed by atoms with van der Waals surface area (Å²) in [5.74, 6) is -0.612. The number of amides is 1. The summed E-state index contributed by atoms with van der Waals surface area (Å²) in [7, 11) is 1.55. The molecule has 2 aromatic carbocycles. The average Bonchev–Trinajstić information content (AvgIpc) is 2.60. The minimum atomic E-state index is -0.502. The largest absolute Gasteiger partial charge is 0.497 e. The number of ether oxygens (including phenoxy) is 2. The van der Waals surface area contributed by atoms with E-state index in [9.17, 15) is 14.0 Å². The summed E-state index contributed by atoms with van der Waals surface area (Å²) in [5.41, 5.74) is 1.50. The Labute approximate surface area is 145 Å². The zero-order valence-electron chi connectivity index (χ0n) is 14.1. The monoisotopic (exact) mass is 345 g/mol. The van der Waals surface area contributed by atoms with Crippen LogP contribution < -0.4 is 10.1 Å². The van der Waals surface area contributed by atoms with Crippen LogP contribution >= 0.6 is 0 Å². The lowest BCUT2D eigenvalue weighted by atomic mass is 10.1. The summed E-state index contributed by atoms with van der Waals surface area (Å²) in [4.78, 5) is 23.7. The van der Waals surface area contributed by atoms with Crippen LogP contribution in [0.25, 0.3) is 0 Å². The summed E-state index contributed by atoms with van der Waals surface area (Å²) in [6.45, 7) is 1.40. The van der Waals surface area contributed by atoms with Crippen LogP contribution in [0.5, 0.6) is 5.75 Å². The van der Waals surface area contributed by atoms with E-state index in [1.165, 1.54) is 12.1 Å². The molecule has 0 aliphatic heterocycles. The Morgan fingerprint density at radius 2 is 1.88 bits per heavy atom. The third-order valence-electron chi connectivity index (χ3n) is 3.59. The van der Waals surface area contributed by atoms with Crippen LogP contribution in [-0.2, 0) is 20.7 Å². The van der Waals surface area contributed by atoms with Gasteiger partial charge in [-0.1, -0.05) is 24.3 Å². The predicted octanol–water partition coefficient (Wildman–Crippen LogP) is 2.80. The molecule has 0 spiro atoms. The van der Waals surface area contributed by atoms with E-state index in [2.05, 4.69) is 5.32 Å². The van der Waals surface area contributed by atoms with Crippen molar-refractivity contribution in [3.05, 3.63) is 65.5 Å². The first-order valence-corrected chi connectivity index (χ1v) is 7.81. The van der Waals surface area contributed by atoms with Gasteiger partial charge in [0, 0.05) is 0 Å². The highest BCUT2D eigenvalue weighted by Gasteiger charge is 2.12. The van der Waals surface area contributed by atoms with Gasteiger partial charge in [-0.3, -0.25) is 9.59 Å². The molecule has 1 atom stereocenters. The van der Waals surface area contributed by atoms with Crippen molar-refractivity contribution in [2.24, 2.45) is 0 Å². The number of benzene rings is 2. The minimum Gasteiger partial charge on any atom is -0.497 e. The lowest BCUT2D eigenvalue weighted by Crippen LogP contribution is -2.31. The first-order valence-electron chi connectivity index (χ1n) is 7.81. The van der Waals surface area contributed by atoms with E-state index >= 15 is 0 Å². The number of nitrogens with one attached hydrogen (secondary N) is 1. The summed E-state index contributed by atoms with van der Waals surface area (Å²) < 4.78 is 23.0. The van der Waals surface area contributed by atoms with Crippen molar-refractivity contribution in [3.63, 3.8) is 0 Å². The van der Waals surface area contributed by atoms with Crippen molar-refractivity contribution in [2.45, 2.75) is 19.4 Å². The number of carbonyl (C=O) groups is 2. The molecule has 1 amide bonds. The van der Waals surface area contributed by atoms with Gasteiger partial charge in [0.15, 0.2) is 6.61 Å². The molecular weight excluding hydrogens is 325 g/mol. The fraction of sp³-hybridized carbons (Fsp3) is 0.263. The van der Waals surface area contributed by atoms with Gasteiger partial charge in [-0.15, -0.1) is 0 Å². The van der Waals surface area contributed by atoms with Gasteiger partial charge in [0.05, 0.1) is 19.6 Å². The van der Waals surface area contributed by atoms with Crippen molar-refractivity contribution in [1.82, 2.24) is 5.32 Å². The molecule has 0 saturated carbocycles. The highest BCUT2D eigenvalue weighted by Crippen LogP contribution is 2.14. The standard InChI is InChI=1S/C19H20FNO4/c1-13(15-6-8-16(20)9-7-15)21-18(22)12-25-19(23)11-14-4-3-5-17(10-14)24-2/h3-10,13H,11-12H2,1-2H3,(H,21,22)/t13-/m1/s1. The molecule has 2 aromatic rings. The number of hydrogen-bond donors (Lipinski definition) is 1. The van der Waals surface area contributed by atoms with Gasteiger partial charge >= 0.3 is 5.97 Å². The fourth-order valence-corrected chi connectivity index (χ4v) is 2.26. The van der Waals surface area contributed by atoms with Crippen LogP contribution in [0, 0.1) is 5.82 Å². The van der Waals surface area contributed by atoms with Gasteiger partial charge in [-0.2, -0.15) is 0 Å². The van der Waals surface area contributed by atoms with E-state index in [0.29, 0.717) is 5.75 Å². The molecule has 2 rings (SSSR count). The lowest BCUT2D eigenvalue weighted by Gasteiger charge is -2.14. The smallest absolute Gasteiger partial charge is 0.310 e. The van der Waals surface area contributed by atoms with Gasteiger partial charge in [0.25, 0.3) is 5.91 Å². The van der Waals surface area contributed by atoms with E-state index < -0.39 is 11.9 Å². The van der Waals surface area contributed by atoms with Crippen LogP contribution in [0.15, 0.2) is 48.5 Å². The number of halogens is 1. The maximum atomic E-state index is 12.9. The molecule has 0 heterocycles. The van der Waals surface area contributed by atoms with Crippen LogP contribution in [0.3, 0.4) is 0 Å². The zero-order valence-corrected chi connectivity index (χ0v) is 14.1. The van der Waals surface area contributed by atoms with Gasteiger partial charge in [0.2, 0.25) is 0 Å². The fourth-order valence-electron chi connectivity index (χ4n) is 2.26. The van der Waals surface area contributed by atoms with E-state index in [-0.39, 0.29) is 24.9 Å². The zero-order chi connectivity index (χ0) is 18.2. The molecule has 0 unspecified atom stereocenters. The Balaban J connectivity index is 1.78. The van der Waals surface area contributed by atoms with Crippen molar-refractivity contribution in [1.29, 1.82) is 0 Å². The molecule has 0 aliphatic carbocycles. The third-order valence-corrected chi connectivity index (χ3v) is 3.59. The molecule has 132 valence electrons. The molecule has 0 bridgehead atoms. The Hall–Kier alpha value is -2.89. The number of carbonyl (C=O) groups excluding carboxylic acids is 2. The van der Waals surface area contributed by atoms with E-state index in [1.807, 2.05) is 0 Å². The maximum Gasteiger partial charge on any atom is 0.310 e. The molecule has 6 heteroatoms. The summed E-state index contributed by atoms with van der Waals surface area (Å²) in [5, 5.41) is 2.69. The second-order valence-corrected chi connectivity index (χ2v) is 5.53. The van der Waals surface area contributed by atoms with Crippen LogP contribution in [-0.4, -0.2) is 25.6 Å². The van der Waals surface area contributed by atoms with Crippen LogP contribution in [0.1, 0.15) is 24.1 Å². The van der Waals surface area contributed by atoms with Crippen molar-refractivity contribution in [3.8, 4) is 5.75 Å². The van der Waals surface area contributed by atoms with Crippen molar-refractivity contribution in [2.75, 3.05) is 13.7 Å². The van der Waals surface area contributed by atoms with Crippen molar-refractivity contribution < 1.29 is 23.5 Å². The predicted molar refractivity (Wildman–Crippen MR) is 90.6 cm³/mol. The van der Waals surface area contributed by atoms with Crippen molar-refractivity contribution >= 4 is 11.9 Å². The quantitative estimate of drug-likeness (QED) is 0.784. The molecule has 1 N–H and O–H groups in total. The molecule has 25 heavy (non-hydrogen) atoms. The van der Waals surface area contributed by atoms with Crippen LogP contribution in [0.4, 0.5) is 4.39 Å². The number of rotatable bonds is 7. The lowest BCUT2D eigenvalue weighted by molar-refractivity contribution is -0.148. The Morgan fingerprint density at radius 1 is 1.16 bits per heavy atom. The van der Waals surface area contributed by atoms with E-state index in [4.69, 9.17) is 9.47 Å². The minimum absolute atomic E-state index is 0.0536. The van der Waals surface area contributed by atoms with Gasteiger partial charge in [-0.05, 0) is 42.3 Å². The highest BCUT2D eigenvalue weighted by atomic mass is 19.1. The summed E-state index contributed by atoms with van der Waals surface area (Å²) >= 11 is 0. The van der Waals surface area contributed by atoms with Gasteiger partial charge < -0.3 is 14.8 Å². The Morgan fingerprint density at radius 3 is 2.56 bits per heavy atom. The van der Waals surface area contributed by atoms with Gasteiger partial charge in [-0.25, -0.2) is 4.39 Å². The van der Waals surface area contributed by atoms with Gasteiger partial charge in [0.1, 0.15) is 11.6 Å². The third kappa shape index (κ3) is 5.91. The molecule has 0 radical (unpaired) electrons.